The molecule has 0 aliphatic carbocycles. The Balaban J connectivity index is 2.27. The molecule has 0 aliphatic heterocycles. The first kappa shape index (κ1) is 15.7. The first-order valence-corrected chi connectivity index (χ1v) is 7.34. The second kappa shape index (κ2) is 7.38. The maximum absolute atomic E-state index is 9.01. The van der Waals surface area contributed by atoms with Gasteiger partial charge in [0.25, 0.3) is 0 Å². The summed E-state index contributed by atoms with van der Waals surface area (Å²) < 4.78 is 1.77. The highest BCUT2D eigenvalue weighted by Gasteiger charge is 2.09. The van der Waals surface area contributed by atoms with Gasteiger partial charge in [-0.25, -0.2) is 9.67 Å². The lowest BCUT2D eigenvalue weighted by molar-refractivity contribution is 0.677. The molecule has 112 valence electrons. The summed E-state index contributed by atoms with van der Waals surface area (Å²) >= 11 is 0. The maximum Gasteiger partial charge on any atom is 0.137 e. The molecular weight excluding hydrogens is 274 g/mol. The predicted octanol–water partition coefficient (Wildman–Crippen LogP) is 2.73. The number of nitrogens with zero attached hydrogens (tertiary/aromatic N) is 5. The zero-order valence-electron chi connectivity index (χ0n) is 12.9. The fourth-order valence-corrected chi connectivity index (χ4v) is 2.47. The lowest BCUT2D eigenvalue weighted by Crippen LogP contribution is -2.05. The van der Waals surface area contributed by atoms with E-state index in [2.05, 4.69) is 40.4 Å². The molecular formula is C17H19N5. The molecule has 0 N–H and O–H groups in total. The van der Waals surface area contributed by atoms with Crippen molar-refractivity contribution in [3.63, 3.8) is 0 Å². The Morgan fingerprint density at radius 2 is 1.55 bits per heavy atom. The summed E-state index contributed by atoms with van der Waals surface area (Å²) in [4.78, 5) is 3.95. The highest BCUT2D eigenvalue weighted by Crippen LogP contribution is 2.18. The van der Waals surface area contributed by atoms with Gasteiger partial charge in [0.05, 0.1) is 18.7 Å². The Bertz CT molecular complexity index is 651. The van der Waals surface area contributed by atoms with Gasteiger partial charge >= 0.3 is 0 Å². The van der Waals surface area contributed by atoms with E-state index < -0.39 is 0 Å². The van der Waals surface area contributed by atoms with Gasteiger partial charge in [-0.05, 0) is 43.4 Å². The van der Waals surface area contributed by atoms with Crippen LogP contribution in [0.1, 0.15) is 30.5 Å². The lowest BCUT2D eigenvalue weighted by atomic mass is 9.94. The van der Waals surface area contributed by atoms with Crippen molar-refractivity contribution >= 4 is 0 Å². The maximum atomic E-state index is 9.01. The van der Waals surface area contributed by atoms with E-state index in [1.807, 2.05) is 13.8 Å². The summed E-state index contributed by atoms with van der Waals surface area (Å²) in [7, 11) is 0. The van der Waals surface area contributed by atoms with Crippen molar-refractivity contribution in [1.29, 1.82) is 10.5 Å². The van der Waals surface area contributed by atoms with Gasteiger partial charge in [0.1, 0.15) is 12.7 Å². The van der Waals surface area contributed by atoms with E-state index in [9.17, 15) is 0 Å². The Labute approximate surface area is 130 Å². The number of hydrogen-bond acceptors (Lipinski definition) is 4. The molecule has 0 amide bonds. The first-order valence-electron chi connectivity index (χ1n) is 7.34. The van der Waals surface area contributed by atoms with Crippen molar-refractivity contribution in [2.45, 2.75) is 33.2 Å². The second-order valence-corrected chi connectivity index (χ2v) is 5.72. The van der Waals surface area contributed by atoms with Gasteiger partial charge in [-0.3, -0.25) is 0 Å². The largest absolute Gasteiger partial charge is 0.249 e. The van der Waals surface area contributed by atoms with Crippen molar-refractivity contribution < 1.29 is 0 Å². The number of benzene rings is 1. The molecule has 2 rings (SSSR count). The second-order valence-electron chi connectivity index (χ2n) is 5.72. The average molecular weight is 293 g/mol. The van der Waals surface area contributed by atoms with Crippen LogP contribution in [0.15, 0.2) is 30.9 Å². The molecule has 0 saturated carbocycles. The minimum Gasteiger partial charge on any atom is -0.249 e. The smallest absolute Gasteiger partial charge is 0.137 e. The molecule has 1 heterocycles. The third kappa shape index (κ3) is 4.43. The normalized spacial score (nSPS) is 13.1. The van der Waals surface area contributed by atoms with Crippen molar-refractivity contribution in [1.82, 2.24) is 14.8 Å². The highest BCUT2D eigenvalue weighted by molar-refractivity contribution is 5.32. The first-order chi connectivity index (χ1) is 10.6. The molecule has 1 aromatic heterocycles. The van der Waals surface area contributed by atoms with Crippen LogP contribution in [0.2, 0.25) is 0 Å². The zero-order valence-corrected chi connectivity index (χ0v) is 12.9. The van der Waals surface area contributed by atoms with Crippen molar-refractivity contribution in [3.05, 3.63) is 47.5 Å². The van der Waals surface area contributed by atoms with Crippen molar-refractivity contribution in [3.8, 4) is 12.1 Å². The number of hydrogen-bond donors (Lipinski definition) is 0. The average Bonchev–Trinajstić information content (AvgIpc) is 2.99. The van der Waals surface area contributed by atoms with E-state index in [4.69, 9.17) is 10.5 Å². The van der Waals surface area contributed by atoms with Crippen LogP contribution in [0, 0.1) is 34.5 Å². The number of aromatic nitrogens is 3. The molecule has 5 nitrogen and oxygen atoms in total. The molecule has 0 fully saturated rings. The van der Waals surface area contributed by atoms with Gasteiger partial charge in [0.2, 0.25) is 0 Å². The lowest BCUT2D eigenvalue weighted by Gasteiger charge is -2.12. The predicted molar refractivity (Wildman–Crippen MR) is 82.5 cm³/mol. The molecule has 22 heavy (non-hydrogen) atoms. The fourth-order valence-electron chi connectivity index (χ4n) is 2.47. The van der Waals surface area contributed by atoms with Crippen molar-refractivity contribution in [2.24, 2.45) is 11.8 Å². The molecule has 2 aromatic rings. The fraction of sp³-hybridized carbons (Fsp3) is 0.412. The Morgan fingerprint density at radius 3 is 2.00 bits per heavy atom. The van der Waals surface area contributed by atoms with E-state index in [-0.39, 0.29) is 11.8 Å². The molecule has 0 aliphatic rings. The summed E-state index contributed by atoms with van der Waals surface area (Å²) in [6.07, 6.45) is 4.63. The van der Waals surface area contributed by atoms with E-state index in [1.165, 1.54) is 6.33 Å². The van der Waals surface area contributed by atoms with Crippen LogP contribution < -0.4 is 0 Å². The number of nitriles is 2. The van der Waals surface area contributed by atoms with Crippen LogP contribution in [-0.2, 0) is 19.4 Å². The minimum absolute atomic E-state index is 0.0251. The van der Waals surface area contributed by atoms with Crippen LogP contribution in [0.5, 0.6) is 0 Å². The van der Waals surface area contributed by atoms with E-state index in [0.717, 1.165) is 29.5 Å². The van der Waals surface area contributed by atoms with Crippen LogP contribution in [-0.4, -0.2) is 14.8 Å². The molecule has 1 aromatic carbocycles. The van der Waals surface area contributed by atoms with E-state index >= 15 is 0 Å². The zero-order chi connectivity index (χ0) is 15.9. The Kier molecular flexibility index (Phi) is 5.27. The summed E-state index contributed by atoms with van der Waals surface area (Å²) in [5.74, 6) is -0.0503. The van der Waals surface area contributed by atoms with Gasteiger partial charge in [0, 0.05) is 11.8 Å². The summed E-state index contributed by atoms with van der Waals surface area (Å²) in [5.41, 5.74) is 3.38. The molecule has 0 saturated heterocycles. The molecule has 0 bridgehead atoms. The van der Waals surface area contributed by atoms with E-state index in [1.54, 1.807) is 11.0 Å². The molecule has 0 radical (unpaired) electrons. The molecule has 0 spiro atoms. The van der Waals surface area contributed by atoms with Gasteiger partial charge in [-0.15, -0.1) is 0 Å². The molecule has 5 heteroatoms. The summed E-state index contributed by atoms with van der Waals surface area (Å²) in [6, 6.07) is 10.9. The van der Waals surface area contributed by atoms with Gasteiger partial charge in [-0.1, -0.05) is 18.2 Å². The SMILES string of the molecule is CC(C#N)Cc1cc(CC(C)C#N)cc(Cn2cncn2)c1. The van der Waals surface area contributed by atoms with Crippen LogP contribution in [0.25, 0.3) is 0 Å². The standard InChI is InChI=1S/C17H19N5/c1-13(8-18)3-15-5-16(4-14(2)9-19)7-17(6-15)10-22-12-20-11-21-22/h5-7,11-14H,3-4,10H2,1-2H3. The molecule has 2 unspecified atom stereocenters. The van der Waals surface area contributed by atoms with Gasteiger partial charge < -0.3 is 0 Å². The third-order valence-electron chi connectivity index (χ3n) is 3.45. The van der Waals surface area contributed by atoms with Crippen LogP contribution in [0.3, 0.4) is 0 Å². The van der Waals surface area contributed by atoms with Gasteiger partial charge in [0.15, 0.2) is 0 Å². The van der Waals surface area contributed by atoms with Crippen LogP contribution in [0.4, 0.5) is 0 Å². The van der Waals surface area contributed by atoms with Gasteiger partial charge in [-0.2, -0.15) is 15.6 Å². The summed E-state index contributed by atoms with van der Waals surface area (Å²) in [5, 5.41) is 22.1. The van der Waals surface area contributed by atoms with Crippen molar-refractivity contribution in [2.75, 3.05) is 0 Å². The Hall–Kier alpha value is -2.66. The van der Waals surface area contributed by atoms with Crippen LogP contribution >= 0.6 is 0 Å². The summed E-state index contributed by atoms with van der Waals surface area (Å²) in [6.45, 7) is 4.48. The quantitative estimate of drug-likeness (QED) is 0.820. The monoisotopic (exact) mass is 293 g/mol. The minimum atomic E-state index is -0.0251. The molecule has 2 atom stereocenters. The third-order valence-corrected chi connectivity index (χ3v) is 3.45. The highest BCUT2D eigenvalue weighted by atomic mass is 15.3. The Morgan fingerprint density at radius 1 is 1.00 bits per heavy atom. The topological polar surface area (TPSA) is 78.3 Å². The number of rotatable bonds is 6. The van der Waals surface area contributed by atoms with E-state index in [0.29, 0.717) is 6.54 Å².